The predicted octanol–water partition coefficient (Wildman–Crippen LogP) is 3.22. The summed E-state index contributed by atoms with van der Waals surface area (Å²) in [5.41, 5.74) is 10.5. The zero-order valence-corrected chi connectivity index (χ0v) is 10.8. The van der Waals surface area contributed by atoms with Gasteiger partial charge in [0.1, 0.15) is 0 Å². The highest BCUT2D eigenvalue weighted by molar-refractivity contribution is 5.64. The van der Waals surface area contributed by atoms with Crippen LogP contribution in [0.2, 0.25) is 0 Å². The maximum Gasteiger partial charge on any atom is 0.0991 e. The summed E-state index contributed by atoms with van der Waals surface area (Å²) in [5, 5.41) is 8.80. The van der Waals surface area contributed by atoms with Gasteiger partial charge in [-0.05, 0) is 41.7 Å². The Balaban J connectivity index is 1.88. The van der Waals surface area contributed by atoms with Crippen LogP contribution in [0.3, 0.4) is 0 Å². The number of hydrogen-bond acceptors (Lipinski definition) is 2. The molecule has 0 radical (unpaired) electrons. The molecule has 2 aromatic carbocycles. The first-order valence-corrected chi connectivity index (χ1v) is 6.59. The number of hydrogen-bond donors (Lipinski definition) is 1. The van der Waals surface area contributed by atoms with Crippen LogP contribution < -0.4 is 5.73 Å². The quantitative estimate of drug-likeness (QED) is 0.906. The van der Waals surface area contributed by atoms with Crippen molar-refractivity contribution in [2.24, 2.45) is 5.73 Å². The first-order valence-electron chi connectivity index (χ1n) is 6.59. The van der Waals surface area contributed by atoms with Crippen molar-refractivity contribution in [2.75, 3.05) is 6.54 Å². The summed E-state index contributed by atoms with van der Waals surface area (Å²) < 4.78 is 0. The highest BCUT2D eigenvalue weighted by atomic mass is 14.7. The van der Waals surface area contributed by atoms with E-state index in [2.05, 4.69) is 30.3 Å². The third-order valence-corrected chi connectivity index (χ3v) is 4.09. The molecule has 1 fully saturated rings. The van der Waals surface area contributed by atoms with Gasteiger partial charge in [0.2, 0.25) is 0 Å². The van der Waals surface area contributed by atoms with Crippen molar-refractivity contribution in [2.45, 2.75) is 18.3 Å². The third-order valence-electron chi connectivity index (χ3n) is 4.09. The fourth-order valence-electron chi connectivity index (χ4n) is 2.51. The van der Waals surface area contributed by atoms with Crippen molar-refractivity contribution < 1.29 is 0 Å². The van der Waals surface area contributed by atoms with Crippen molar-refractivity contribution in [1.82, 2.24) is 0 Å². The molecule has 3 rings (SSSR count). The lowest BCUT2D eigenvalue weighted by Gasteiger charge is -2.13. The van der Waals surface area contributed by atoms with Gasteiger partial charge in [-0.25, -0.2) is 0 Å². The van der Waals surface area contributed by atoms with E-state index in [1.165, 1.54) is 24.0 Å². The second-order valence-electron chi connectivity index (χ2n) is 5.25. The van der Waals surface area contributed by atoms with E-state index >= 15 is 0 Å². The molecule has 2 N–H and O–H groups in total. The Kier molecular flexibility index (Phi) is 2.85. The van der Waals surface area contributed by atoms with Gasteiger partial charge in [0.25, 0.3) is 0 Å². The molecule has 0 unspecified atom stereocenters. The van der Waals surface area contributed by atoms with Crippen molar-refractivity contribution in [1.29, 1.82) is 5.26 Å². The van der Waals surface area contributed by atoms with Crippen LogP contribution in [-0.4, -0.2) is 6.54 Å². The molecule has 0 bridgehead atoms. The van der Waals surface area contributed by atoms with Gasteiger partial charge in [-0.15, -0.1) is 0 Å². The molecule has 0 atom stereocenters. The maximum atomic E-state index is 8.80. The lowest BCUT2D eigenvalue weighted by atomic mass is 9.94. The lowest BCUT2D eigenvalue weighted by Crippen LogP contribution is -2.19. The van der Waals surface area contributed by atoms with Crippen LogP contribution in [0.1, 0.15) is 24.0 Å². The Labute approximate surface area is 113 Å². The Morgan fingerprint density at radius 3 is 1.89 bits per heavy atom. The monoisotopic (exact) mass is 248 g/mol. The molecular formula is C17H16N2. The topological polar surface area (TPSA) is 49.8 Å². The van der Waals surface area contributed by atoms with Gasteiger partial charge in [0.05, 0.1) is 11.6 Å². The number of benzene rings is 2. The minimum absolute atomic E-state index is 0.253. The van der Waals surface area contributed by atoms with Crippen LogP contribution in [0.15, 0.2) is 48.5 Å². The molecule has 0 spiro atoms. The van der Waals surface area contributed by atoms with Crippen LogP contribution >= 0.6 is 0 Å². The number of nitrogens with zero attached hydrogens (tertiary/aromatic N) is 1. The van der Waals surface area contributed by atoms with Crippen LogP contribution in [0.4, 0.5) is 0 Å². The van der Waals surface area contributed by atoms with E-state index in [0.29, 0.717) is 5.56 Å². The molecule has 0 aromatic heterocycles. The van der Waals surface area contributed by atoms with Gasteiger partial charge in [0, 0.05) is 12.0 Å². The molecule has 0 amide bonds. The molecule has 2 aromatic rings. The normalized spacial score (nSPS) is 15.8. The molecule has 94 valence electrons. The van der Waals surface area contributed by atoms with Gasteiger partial charge >= 0.3 is 0 Å². The predicted molar refractivity (Wildman–Crippen MR) is 76.6 cm³/mol. The van der Waals surface area contributed by atoms with E-state index in [4.69, 9.17) is 11.0 Å². The first-order chi connectivity index (χ1) is 9.27. The summed E-state index contributed by atoms with van der Waals surface area (Å²) in [6.07, 6.45) is 2.42. The second-order valence-corrected chi connectivity index (χ2v) is 5.25. The highest BCUT2D eigenvalue weighted by Gasteiger charge is 2.42. The van der Waals surface area contributed by atoms with E-state index in [9.17, 15) is 0 Å². The van der Waals surface area contributed by atoms with Gasteiger partial charge in [0.15, 0.2) is 0 Å². The zero-order valence-electron chi connectivity index (χ0n) is 10.8. The van der Waals surface area contributed by atoms with Crippen molar-refractivity contribution in [3.8, 4) is 17.2 Å². The van der Waals surface area contributed by atoms with Gasteiger partial charge in [-0.3, -0.25) is 0 Å². The van der Waals surface area contributed by atoms with Gasteiger partial charge < -0.3 is 5.73 Å². The van der Waals surface area contributed by atoms with Gasteiger partial charge in [-0.2, -0.15) is 5.26 Å². The summed E-state index contributed by atoms with van der Waals surface area (Å²) >= 11 is 0. The molecular weight excluding hydrogens is 232 g/mol. The average molecular weight is 248 g/mol. The second kappa shape index (κ2) is 4.53. The summed E-state index contributed by atoms with van der Waals surface area (Å²) in [4.78, 5) is 0. The molecule has 1 aliphatic carbocycles. The Bertz CT molecular complexity index is 614. The Hall–Kier alpha value is -2.11. The molecule has 0 heterocycles. The minimum atomic E-state index is 0.253. The van der Waals surface area contributed by atoms with Crippen molar-refractivity contribution >= 4 is 0 Å². The van der Waals surface area contributed by atoms with E-state index < -0.39 is 0 Å². The highest BCUT2D eigenvalue weighted by Crippen LogP contribution is 2.47. The number of nitrogens with two attached hydrogens (primary N) is 1. The lowest BCUT2D eigenvalue weighted by molar-refractivity contribution is 0.705. The SMILES string of the molecule is N#Cc1ccc(-c2ccc(C3(CN)CC3)cc2)cc1. The number of nitriles is 1. The number of rotatable bonds is 3. The third kappa shape index (κ3) is 2.14. The Morgan fingerprint density at radius 1 is 0.947 bits per heavy atom. The van der Waals surface area contributed by atoms with Crippen LogP contribution in [0.25, 0.3) is 11.1 Å². The van der Waals surface area contributed by atoms with Crippen LogP contribution in [0.5, 0.6) is 0 Å². The summed E-state index contributed by atoms with van der Waals surface area (Å²) in [5.74, 6) is 0. The molecule has 0 aliphatic heterocycles. The standard InChI is InChI=1S/C17H16N2/c18-11-13-1-3-14(4-2-13)15-5-7-16(8-6-15)17(12-19)9-10-17/h1-8H,9-10,12,19H2. The van der Waals surface area contributed by atoms with Crippen LogP contribution in [-0.2, 0) is 5.41 Å². The average Bonchev–Trinajstić information content (AvgIpc) is 3.29. The smallest absolute Gasteiger partial charge is 0.0991 e. The largest absolute Gasteiger partial charge is 0.330 e. The van der Waals surface area contributed by atoms with E-state index in [1.54, 1.807) is 0 Å². The fraction of sp³-hybridized carbons (Fsp3) is 0.235. The molecule has 2 nitrogen and oxygen atoms in total. The Morgan fingerprint density at radius 2 is 1.47 bits per heavy atom. The van der Waals surface area contributed by atoms with Crippen molar-refractivity contribution in [3.63, 3.8) is 0 Å². The molecule has 2 heteroatoms. The molecule has 0 saturated heterocycles. The van der Waals surface area contributed by atoms with Gasteiger partial charge in [-0.1, -0.05) is 36.4 Å². The van der Waals surface area contributed by atoms with E-state index in [0.717, 1.165) is 12.1 Å². The van der Waals surface area contributed by atoms with Crippen LogP contribution in [0, 0.1) is 11.3 Å². The summed E-state index contributed by atoms with van der Waals surface area (Å²) in [6.45, 7) is 0.739. The summed E-state index contributed by atoms with van der Waals surface area (Å²) in [7, 11) is 0. The molecule has 1 saturated carbocycles. The minimum Gasteiger partial charge on any atom is -0.330 e. The summed E-state index contributed by atoms with van der Waals surface area (Å²) in [6, 6.07) is 18.5. The zero-order chi connectivity index (χ0) is 13.3. The molecule has 1 aliphatic rings. The first kappa shape index (κ1) is 12.0. The molecule has 19 heavy (non-hydrogen) atoms. The van der Waals surface area contributed by atoms with E-state index in [-0.39, 0.29) is 5.41 Å². The van der Waals surface area contributed by atoms with Crippen molar-refractivity contribution in [3.05, 3.63) is 59.7 Å². The van der Waals surface area contributed by atoms with E-state index in [1.807, 2.05) is 24.3 Å². The maximum absolute atomic E-state index is 8.80. The fourth-order valence-corrected chi connectivity index (χ4v) is 2.51.